The SMILES string of the molecule is C=C(CC(=C)C1CCN(C(=C)OCc2ccccc2)CC1)c1ccc(OC)cc1. The smallest absolute Gasteiger partial charge is 0.182 e. The molecule has 2 aromatic rings. The van der Waals surface area contributed by atoms with E-state index >= 15 is 0 Å². The van der Waals surface area contributed by atoms with Gasteiger partial charge < -0.3 is 14.4 Å². The summed E-state index contributed by atoms with van der Waals surface area (Å²) in [4.78, 5) is 2.24. The minimum atomic E-state index is 0.517. The van der Waals surface area contributed by atoms with Crippen molar-refractivity contribution in [1.29, 1.82) is 0 Å². The van der Waals surface area contributed by atoms with Crippen molar-refractivity contribution >= 4 is 5.57 Å². The molecule has 3 nitrogen and oxygen atoms in total. The van der Waals surface area contributed by atoms with E-state index in [0.29, 0.717) is 12.5 Å². The standard InChI is InChI=1S/C26H31NO2/c1-20(24-10-12-26(28-4)13-11-24)18-21(2)25-14-16-27(17-15-25)22(3)29-19-23-8-6-5-7-9-23/h5-13,25H,1-3,14-19H2,4H3. The molecule has 1 aliphatic rings. The Balaban J connectivity index is 1.43. The second-order valence-electron chi connectivity index (χ2n) is 7.60. The van der Waals surface area contributed by atoms with Crippen molar-refractivity contribution in [3.63, 3.8) is 0 Å². The summed E-state index contributed by atoms with van der Waals surface area (Å²) in [6.07, 6.45) is 2.98. The van der Waals surface area contributed by atoms with Crippen molar-refractivity contribution < 1.29 is 9.47 Å². The molecule has 152 valence electrons. The highest BCUT2D eigenvalue weighted by Gasteiger charge is 2.23. The summed E-state index contributed by atoms with van der Waals surface area (Å²) in [5, 5.41) is 0. The molecule has 29 heavy (non-hydrogen) atoms. The number of hydrogen-bond acceptors (Lipinski definition) is 3. The monoisotopic (exact) mass is 389 g/mol. The van der Waals surface area contributed by atoms with Crippen LogP contribution in [0.2, 0.25) is 0 Å². The largest absolute Gasteiger partial charge is 0.497 e. The number of piperidine rings is 1. The molecule has 1 aliphatic heterocycles. The zero-order valence-electron chi connectivity index (χ0n) is 17.4. The number of likely N-dealkylation sites (tertiary alicyclic amines) is 1. The third-order valence-electron chi connectivity index (χ3n) is 5.61. The lowest BCUT2D eigenvalue weighted by atomic mass is 9.85. The van der Waals surface area contributed by atoms with Gasteiger partial charge in [-0.3, -0.25) is 0 Å². The summed E-state index contributed by atoms with van der Waals surface area (Å²) in [5.41, 5.74) is 4.68. The third kappa shape index (κ3) is 5.77. The van der Waals surface area contributed by atoms with Gasteiger partial charge in [-0.05, 0) is 60.6 Å². The van der Waals surface area contributed by atoms with E-state index in [9.17, 15) is 0 Å². The topological polar surface area (TPSA) is 21.7 Å². The highest BCUT2D eigenvalue weighted by Crippen LogP contribution is 2.31. The van der Waals surface area contributed by atoms with Gasteiger partial charge in [0.2, 0.25) is 0 Å². The Labute approximate surface area is 175 Å². The predicted molar refractivity (Wildman–Crippen MR) is 120 cm³/mol. The van der Waals surface area contributed by atoms with E-state index in [1.807, 2.05) is 30.3 Å². The molecule has 0 spiro atoms. The fourth-order valence-electron chi connectivity index (χ4n) is 3.72. The third-order valence-corrected chi connectivity index (χ3v) is 5.61. The molecule has 0 aromatic heterocycles. The Morgan fingerprint density at radius 1 is 0.966 bits per heavy atom. The molecule has 0 saturated carbocycles. The van der Waals surface area contributed by atoms with Crippen LogP contribution in [-0.4, -0.2) is 25.1 Å². The van der Waals surface area contributed by atoms with Crippen LogP contribution < -0.4 is 4.74 Å². The number of methoxy groups -OCH3 is 1. The van der Waals surface area contributed by atoms with Crippen LogP contribution >= 0.6 is 0 Å². The first-order valence-electron chi connectivity index (χ1n) is 10.2. The molecular weight excluding hydrogens is 358 g/mol. The molecule has 3 heteroatoms. The molecule has 0 amide bonds. The molecule has 0 radical (unpaired) electrons. The molecule has 0 bridgehead atoms. The van der Waals surface area contributed by atoms with E-state index in [-0.39, 0.29) is 0 Å². The second-order valence-corrected chi connectivity index (χ2v) is 7.60. The van der Waals surface area contributed by atoms with Gasteiger partial charge in [0.05, 0.1) is 7.11 Å². The van der Waals surface area contributed by atoms with E-state index in [1.165, 1.54) is 5.57 Å². The number of ether oxygens (including phenoxy) is 2. The van der Waals surface area contributed by atoms with Crippen LogP contribution in [0.5, 0.6) is 5.75 Å². The highest BCUT2D eigenvalue weighted by atomic mass is 16.5. The number of allylic oxidation sites excluding steroid dienone is 2. The number of nitrogens with zero attached hydrogens (tertiary/aromatic N) is 1. The van der Waals surface area contributed by atoms with Crippen LogP contribution in [0, 0.1) is 5.92 Å². The maximum atomic E-state index is 5.89. The molecule has 0 atom stereocenters. The lowest BCUT2D eigenvalue weighted by Gasteiger charge is -2.35. The number of benzene rings is 2. The number of rotatable bonds is 9. The van der Waals surface area contributed by atoms with E-state index in [2.05, 4.69) is 48.9 Å². The number of hydrogen-bond donors (Lipinski definition) is 0. The van der Waals surface area contributed by atoms with Crippen molar-refractivity contribution in [1.82, 2.24) is 4.90 Å². The van der Waals surface area contributed by atoms with Gasteiger partial charge in [0.15, 0.2) is 5.88 Å². The van der Waals surface area contributed by atoms with Crippen LogP contribution in [0.3, 0.4) is 0 Å². The van der Waals surface area contributed by atoms with E-state index in [1.54, 1.807) is 7.11 Å². The summed E-state index contributed by atoms with van der Waals surface area (Å²) in [6.45, 7) is 15.2. The summed E-state index contributed by atoms with van der Waals surface area (Å²) >= 11 is 0. The van der Waals surface area contributed by atoms with Crippen molar-refractivity contribution in [2.75, 3.05) is 20.2 Å². The van der Waals surface area contributed by atoms with E-state index in [4.69, 9.17) is 9.47 Å². The van der Waals surface area contributed by atoms with E-state index in [0.717, 1.165) is 60.7 Å². The molecule has 0 unspecified atom stereocenters. The lowest BCUT2D eigenvalue weighted by Crippen LogP contribution is -2.34. The first-order chi connectivity index (χ1) is 14.1. The average Bonchev–Trinajstić information content (AvgIpc) is 2.78. The minimum absolute atomic E-state index is 0.517. The Morgan fingerprint density at radius 3 is 2.24 bits per heavy atom. The molecule has 0 N–H and O–H groups in total. The van der Waals surface area contributed by atoms with Crippen molar-refractivity contribution in [2.24, 2.45) is 5.92 Å². The van der Waals surface area contributed by atoms with Gasteiger partial charge in [-0.15, -0.1) is 0 Å². The van der Waals surface area contributed by atoms with Crippen molar-refractivity contribution in [3.05, 3.63) is 96.9 Å². The summed E-state index contributed by atoms with van der Waals surface area (Å²) < 4.78 is 11.1. The maximum Gasteiger partial charge on any atom is 0.182 e. The van der Waals surface area contributed by atoms with Gasteiger partial charge in [0.1, 0.15) is 12.4 Å². The molecule has 0 aliphatic carbocycles. The van der Waals surface area contributed by atoms with Crippen LogP contribution in [0.15, 0.2) is 85.8 Å². The predicted octanol–water partition coefficient (Wildman–Crippen LogP) is 6.05. The molecule has 1 saturated heterocycles. The fourth-order valence-corrected chi connectivity index (χ4v) is 3.72. The van der Waals surface area contributed by atoms with Crippen LogP contribution in [0.1, 0.15) is 30.4 Å². The highest BCUT2D eigenvalue weighted by molar-refractivity contribution is 5.66. The molecule has 1 fully saturated rings. The van der Waals surface area contributed by atoms with Crippen LogP contribution in [0.25, 0.3) is 5.57 Å². The van der Waals surface area contributed by atoms with Gasteiger partial charge in [-0.2, -0.15) is 0 Å². The Kier molecular flexibility index (Phi) is 7.18. The van der Waals surface area contributed by atoms with Gasteiger partial charge in [0.25, 0.3) is 0 Å². The van der Waals surface area contributed by atoms with Gasteiger partial charge >= 0.3 is 0 Å². The van der Waals surface area contributed by atoms with Gasteiger partial charge in [-0.25, -0.2) is 0 Å². The average molecular weight is 390 g/mol. The Hall–Kier alpha value is -2.94. The van der Waals surface area contributed by atoms with Crippen LogP contribution in [0.4, 0.5) is 0 Å². The van der Waals surface area contributed by atoms with Gasteiger partial charge in [-0.1, -0.05) is 61.2 Å². The first-order valence-corrected chi connectivity index (χ1v) is 10.2. The Morgan fingerprint density at radius 2 is 1.62 bits per heavy atom. The van der Waals surface area contributed by atoms with Gasteiger partial charge in [0, 0.05) is 13.1 Å². The van der Waals surface area contributed by atoms with Crippen LogP contribution in [-0.2, 0) is 11.3 Å². The quantitative estimate of drug-likeness (QED) is 0.385. The summed E-state index contributed by atoms with van der Waals surface area (Å²) in [5.74, 6) is 2.14. The molecule has 3 rings (SSSR count). The van der Waals surface area contributed by atoms with Crippen molar-refractivity contribution in [3.8, 4) is 5.75 Å². The minimum Gasteiger partial charge on any atom is -0.497 e. The molecular formula is C26H31NO2. The normalized spacial score (nSPS) is 14.3. The van der Waals surface area contributed by atoms with Crippen molar-refractivity contribution in [2.45, 2.75) is 25.9 Å². The Bertz CT molecular complexity index is 831. The zero-order valence-corrected chi connectivity index (χ0v) is 17.4. The fraction of sp³-hybridized carbons (Fsp3) is 0.308. The second kappa shape index (κ2) is 10.0. The maximum absolute atomic E-state index is 5.89. The zero-order chi connectivity index (χ0) is 20.6. The summed E-state index contributed by atoms with van der Waals surface area (Å²) in [6, 6.07) is 18.3. The van der Waals surface area contributed by atoms with E-state index < -0.39 is 0 Å². The molecule has 1 heterocycles. The summed E-state index contributed by atoms with van der Waals surface area (Å²) in [7, 11) is 1.68. The first kappa shape index (κ1) is 20.8. The molecule has 2 aromatic carbocycles. The lowest BCUT2D eigenvalue weighted by molar-refractivity contribution is 0.0842.